The second-order valence-electron chi connectivity index (χ2n) is 4.57. The molecule has 10 nitrogen and oxygen atoms in total. The molecule has 2 aromatic rings. The molecule has 1 amide bonds. The van der Waals surface area contributed by atoms with Gasteiger partial charge in [0.05, 0.1) is 6.42 Å². The number of hydrogen-bond donors (Lipinski definition) is 5. The predicted octanol–water partition coefficient (Wildman–Crippen LogP) is -0.282. The highest BCUT2D eigenvalue weighted by Gasteiger charge is 2.07. The van der Waals surface area contributed by atoms with Crippen LogP contribution in [-0.4, -0.2) is 50.0 Å². The summed E-state index contributed by atoms with van der Waals surface area (Å²) in [7, 11) is 0. The van der Waals surface area contributed by atoms with Gasteiger partial charge in [0.2, 0.25) is 11.9 Å². The van der Waals surface area contributed by atoms with E-state index in [1.807, 2.05) is 0 Å². The van der Waals surface area contributed by atoms with Gasteiger partial charge in [-0.2, -0.15) is 4.98 Å². The number of nitrogens with two attached hydrogens (primary N) is 1. The molecular formula is C12H17N7O3. The molecule has 0 aromatic carbocycles. The summed E-state index contributed by atoms with van der Waals surface area (Å²) in [6, 6.07) is 0. The van der Waals surface area contributed by atoms with Gasteiger partial charge in [-0.15, -0.1) is 0 Å². The number of nitrogens with one attached hydrogen (secondary N) is 3. The van der Waals surface area contributed by atoms with Gasteiger partial charge in [-0.1, -0.05) is 0 Å². The molecule has 118 valence electrons. The van der Waals surface area contributed by atoms with Crippen LogP contribution in [-0.2, 0) is 9.59 Å². The molecule has 2 aromatic heterocycles. The maximum Gasteiger partial charge on any atom is 0.303 e. The molecule has 0 spiro atoms. The number of amides is 1. The van der Waals surface area contributed by atoms with Gasteiger partial charge in [0.15, 0.2) is 11.5 Å². The van der Waals surface area contributed by atoms with Crippen molar-refractivity contribution in [3.8, 4) is 0 Å². The SMILES string of the molecule is Nc1ncnc2nc(NCCCNC(=O)CCC(=O)O)[nH]c12. The summed E-state index contributed by atoms with van der Waals surface area (Å²) in [5, 5.41) is 14.2. The van der Waals surface area contributed by atoms with Crippen molar-refractivity contribution in [3.05, 3.63) is 6.33 Å². The van der Waals surface area contributed by atoms with Crippen LogP contribution in [0.4, 0.5) is 11.8 Å². The average Bonchev–Trinajstić information content (AvgIpc) is 2.89. The minimum absolute atomic E-state index is 0.00964. The minimum Gasteiger partial charge on any atom is -0.481 e. The number of anilines is 2. The van der Waals surface area contributed by atoms with E-state index in [0.29, 0.717) is 42.4 Å². The summed E-state index contributed by atoms with van der Waals surface area (Å²) < 4.78 is 0. The molecular weight excluding hydrogens is 290 g/mol. The van der Waals surface area contributed by atoms with E-state index < -0.39 is 5.97 Å². The maximum atomic E-state index is 11.3. The van der Waals surface area contributed by atoms with Crippen molar-refractivity contribution in [2.75, 3.05) is 24.1 Å². The number of aromatic nitrogens is 4. The van der Waals surface area contributed by atoms with Crippen LogP contribution in [0.3, 0.4) is 0 Å². The third-order valence-electron chi connectivity index (χ3n) is 2.85. The number of hydrogen-bond acceptors (Lipinski definition) is 7. The molecule has 0 fully saturated rings. The molecule has 10 heteroatoms. The molecule has 22 heavy (non-hydrogen) atoms. The van der Waals surface area contributed by atoms with Gasteiger partial charge in [-0.05, 0) is 6.42 Å². The zero-order valence-corrected chi connectivity index (χ0v) is 11.8. The zero-order chi connectivity index (χ0) is 15.9. The van der Waals surface area contributed by atoms with Crippen molar-refractivity contribution in [3.63, 3.8) is 0 Å². The molecule has 0 aliphatic rings. The molecule has 2 rings (SSSR count). The molecule has 6 N–H and O–H groups in total. The topological polar surface area (TPSA) is 159 Å². The normalized spacial score (nSPS) is 10.5. The van der Waals surface area contributed by atoms with E-state index in [9.17, 15) is 9.59 Å². The number of H-pyrrole nitrogens is 1. The van der Waals surface area contributed by atoms with Crippen LogP contribution in [0.1, 0.15) is 19.3 Å². The minimum atomic E-state index is -0.982. The fourth-order valence-corrected chi connectivity index (χ4v) is 1.76. The lowest BCUT2D eigenvalue weighted by molar-refractivity contribution is -0.138. The number of imidazole rings is 1. The molecule has 0 aliphatic heterocycles. The Bertz CT molecular complexity index is 670. The molecule has 0 saturated heterocycles. The van der Waals surface area contributed by atoms with Gasteiger partial charge in [-0.3, -0.25) is 9.59 Å². The molecule has 0 radical (unpaired) electrons. The second kappa shape index (κ2) is 7.20. The Morgan fingerprint density at radius 3 is 2.82 bits per heavy atom. The van der Waals surface area contributed by atoms with Crippen molar-refractivity contribution in [2.45, 2.75) is 19.3 Å². The number of aliphatic carboxylic acids is 1. The van der Waals surface area contributed by atoms with E-state index in [-0.39, 0.29) is 18.7 Å². The van der Waals surface area contributed by atoms with Gasteiger partial charge < -0.3 is 26.5 Å². The van der Waals surface area contributed by atoms with Crippen molar-refractivity contribution in [1.29, 1.82) is 0 Å². The lowest BCUT2D eigenvalue weighted by atomic mass is 10.3. The second-order valence-corrected chi connectivity index (χ2v) is 4.57. The maximum absolute atomic E-state index is 11.3. The Morgan fingerprint density at radius 1 is 1.27 bits per heavy atom. The first kappa shape index (κ1) is 15.5. The Kier molecular flexibility index (Phi) is 5.07. The monoisotopic (exact) mass is 307 g/mol. The molecule has 2 heterocycles. The van der Waals surface area contributed by atoms with Crippen molar-refractivity contribution < 1.29 is 14.7 Å². The molecule has 0 atom stereocenters. The lowest BCUT2D eigenvalue weighted by Crippen LogP contribution is -2.26. The van der Waals surface area contributed by atoms with Gasteiger partial charge >= 0.3 is 5.97 Å². The first-order valence-corrected chi connectivity index (χ1v) is 6.75. The van der Waals surface area contributed by atoms with Crippen LogP contribution in [0.5, 0.6) is 0 Å². The average molecular weight is 307 g/mol. The lowest BCUT2D eigenvalue weighted by Gasteiger charge is -2.05. The van der Waals surface area contributed by atoms with E-state index in [4.69, 9.17) is 10.8 Å². The van der Waals surface area contributed by atoms with E-state index >= 15 is 0 Å². The standard InChI is InChI=1S/C12H17N7O3/c13-10-9-11(17-6-16-10)19-12(18-9)15-5-1-4-14-7(20)2-3-8(21)22/h6H,1-5H2,(H,14,20)(H,21,22)(H4,13,15,16,17,18,19). The van der Waals surface area contributed by atoms with Gasteiger partial charge in [-0.25, -0.2) is 9.97 Å². The highest BCUT2D eigenvalue weighted by molar-refractivity contribution is 5.83. The van der Waals surface area contributed by atoms with Gasteiger partial charge in [0.25, 0.3) is 0 Å². The zero-order valence-electron chi connectivity index (χ0n) is 11.8. The van der Waals surface area contributed by atoms with E-state index in [1.54, 1.807) is 0 Å². The third-order valence-corrected chi connectivity index (χ3v) is 2.85. The summed E-state index contributed by atoms with van der Waals surface area (Å²) >= 11 is 0. The fraction of sp³-hybridized carbons (Fsp3) is 0.417. The summed E-state index contributed by atoms with van der Waals surface area (Å²) in [6.07, 6.45) is 1.84. The number of carbonyl (C=O) groups is 2. The van der Waals surface area contributed by atoms with Crippen LogP contribution in [0.15, 0.2) is 6.33 Å². The van der Waals surface area contributed by atoms with E-state index in [1.165, 1.54) is 6.33 Å². The Labute approximate surface area is 125 Å². The number of carboxylic acids is 1. The summed E-state index contributed by atoms with van der Waals surface area (Å²) in [5.74, 6) is -0.395. The van der Waals surface area contributed by atoms with Gasteiger partial charge in [0, 0.05) is 19.5 Å². The van der Waals surface area contributed by atoms with E-state index in [2.05, 4.69) is 30.6 Å². The Balaban J connectivity index is 1.69. The highest BCUT2D eigenvalue weighted by atomic mass is 16.4. The number of aromatic amines is 1. The van der Waals surface area contributed by atoms with Gasteiger partial charge in [0.1, 0.15) is 11.8 Å². The Hall–Kier alpha value is -2.91. The largest absolute Gasteiger partial charge is 0.481 e. The molecule has 0 unspecified atom stereocenters. The third kappa shape index (κ3) is 4.30. The van der Waals surface area contributed by atoms with Crippen molar-refractivity contribution >= 4 is 34.8 Å². The highest BCUT2D eigenvalue weighted by Crippen LogP contribution is 2.15. The smallest absolute Gasteiger partial charge is 0.303 e. The van der Waals surface area contributed by atoms with Crippen LogP contribution in [0, 0.1) is 0 Å². The number of carboxylic acid groups (broad SMARTS) is 1. The van der Waals surface area contributed by atoms with Crippen molar-refractivity contribution in [2.24, 2.45) is 0 Å². The van der Waals surface area contributed by atoms with E-state index in [0.717, 1.165) is 0 Å². The van der Waals surface area contributed by atoms with Crippen LogP contribution >= 0.6 is 0 Å². The predicted molar refractivity (Wildman–Crippen MR) is 79.1 cm³/mol. The number of fused-ring (bicyclic) bond motifs is 1. The number of rotatable bonds is 8. The summed E-state index contributed by atoms with van der Waals surface area (Å²) in [5.41, 5.74) is 6.75. The first-order chi connectivity index (χ1) is 10.6. The van der Waals surface area contributed by atoms with Crippen molar-refractivity contribution in [1.82, 2.24) is 25.3 Å². The molecule has 0 aliphatic carbocycles. The van der Waals surface area contributed by atoms with Crippen LogP contribution in [0.2, 0.25) is 0 Å². The molecule has 0 saturated carbocycles. The van der Waals surface area contributed by atoms with Crippen LogP contribution in [0.25, 0.3) is 11.2 Å². The Morgan fingerprint density at radius 2 is 2.09 bits per heavy atom. The fourth-order valence-electron chi connectivity index (χ4n) is 1.76. The number of carbonyl (C=O) groups excluding carboxylic acids is 1. The summed E-state index contributed by atoms with van der Waals surface area (Å²) in [6.45, 7) is 1.03. The van der Waals surface area contributed by atoms with Crippen LogP contribution < -0.4 is 16.4 Å². The number of nitrogens with zero attached hydrogens (tertiary/aromatic N) is 3. The molecule has 0 bridgehead atoms. The first-order valence-electron chi connectivity index (χ1n) is 6.75. The number of nitrogen functional groups attached to an aromatic ring is 1. The summed E-state index contributed by atoms with van der Waals surface area (Å²) in [4.78, 5) is 36.6. The quantitative estimate of drug-likeness (QED) is 0.416.